The second kappa shape index (κ2) is 10.6. The van der Waals surface area contributed by atoms with Crippen LogP contribution in [0.4, 0.5) is 5.69 Å². The minimum Gasteiger partial charge on any atom is -0.325 e. The molecule has 9 heteroatoms. The summed E-state index contributed by atoms with van der Waals surface area (Å²) in [5, 5.41) is 21.7. The van der Waals surface area contributed by atoms with Crippen molar-refractivity contribution in [1.82, 2.24) is 19.7 Å². The van der Waals surface area contributed by atoms with E-state index < -0.39 is 0 Å². The average molecular weight is 467 g/mol. The summed E-state index contributed by atoms with van der Waals surface area (Å²) in [6.45, 7) is 3.58. The number of nitrogens with one attached hydrogen (secondary N) is 1. The maximum atomic E-state index is 12.5. The van der Waals surface area contributed by atoms with E-state index in [-0.39, 0.29) is 11.7 Å². The van der Waals surface area contributed by atoms with Crippen molar-refractivity contribution in [1.29, 1.82) is 5.26 Å². The number of benzene rings is 2. The lowest BCUT2D eigenvalue weighted by molar-refractivity contribution is -0.113. The summed E-state index contributed by atoms with van der Waals surface area (Å²) in [4.78, 5) is 14.9. The molecule has 164 valence electrons. The van der Waals surface area contributed by atoms with Crippen molar-refractivity contribution in [3.05, 3.63) is 70.5 Å². The minimum absolute atomic E-state index is 0.175. The Kier molecular flexibility index (Phi) is 7.43. The van der Waals surface area contributed by atoms with Crippen LogP contribution in [0.3, 0.4) is 0 Å². The Morgan fingerprint density at radius 3 is 2.62 bits per heavy atom. The lowest BCUT2D eigenvalue weighted by Crippen LogP contribution is -2.22. The summed E-state index contributed by atoms with van der Waals surface area (Å²) in [7, 11) is 0. The highest BCUT2D eigenvalue weighted by atomic mass is 35.5. The molecule has 0 bridgehead atoms. The topological polar surface area (TPSA) is 86.8 Å². The molecule has 1 aromatic heterocycles. The van der Waals surface area contributed by atoms with Crippen molar-refractivity contribution in [2.24, 2.45) is 0 Å². The fourth-order valence-corrected chi connectivity index (χ4v) is 4.60. The summed E-state index contributed by atoms with van der Waals surface area (Å²) in [6, 6.07) is 17.0. The second-order valence-electron chi connectivity index (χ2n) is 7.60. The van der Waals surface area contributed by atoms with Crippen LogP contribution in [-0.4, -0.2) is 44.4 Å². The van der Waals surface area contributed by atoms with Gasteiger partial charge in [-0.1, -0.05) is 53.7 Å². The molecule has 1 amide bonds. The Morgan fingerprint density at radius 1 is 1.12 bits per heavy atom. The van der Waals surface area contributed by atoms with Gasteiger partial charge in [0.05, 0.1) is 29.4 Å². The van der Waals surface area contributed by atoms with Crippen LogP contribution in [-0.2, 0) is 17.9 Å². The number of aromatic nitrogens is 3. The molecule has 3 aromatic rings. The lowest BCUT2D eigenvalue weighted by Gasteiger charge is -2.16. The first-order valence-electron chi connectivity index (χ1n) is 10.4. The van der Waals surface area contributed by atoms with E-state index >= 15 is 0 Å². The van der Waals surface area contributed by atoms with Crippen LogP contribution in [0.15, 0.2) is 53.7 Å². The predicted molar refractivity (Wildman–Crippen MR) is 126 cm³/mol. The lowest BCUT2D eigenvalue weighted by atomic mass is 10.2. The zero-order valence-electron chi connectivity index (χ0n) is 17.5. The van der Waals surface area contributed by atoms with E-state index in [1.807, 2.05) is 24.3 Å². The highest BCUT2D eigenvalue weighted by Crippen LogP contribution is 2.23. The highest BCUT2D eigenvalue weighted by Gasteiger charge is 2.19. The number of rotatable bonds is 8. The molecule has 0 aliphatic carbocycles. The van der Waals surface area contributed by atoms with E-state index in [1.165, 1.54) is 24.6 Å². The molecule has 0 atom stereocenters. The number of amides is 1. The van der Waals surface area contributed by atoms with Crippen molar-refractivity contribution in [3.8, 4) is 6.07 Å². The van der Waals surface area contributed by atoms with Gasteiger partial charge in [0.1, 0.15) is 11.9 Å². The van der Waals surface area contributed by atoms with Crippen molar-refractivity contribution in [2.75, 3.05) is 24.2 Å². The average Bonchev–Trinajstić information content (AvgIpc) is 3.44. The number of anilines is 1. The largest absolute Gasteiger partial charge is 0.325 e. The van der Waals surface area contributed by atoms with Gasteiger partial charge in [-0.05, 0) is 49.7 Å². The molecule has 1 N–H and O–H groups in total. The third kappa shape index (κ3) is 5.68. The van der Waals surface area contributed by atoms with E-state index in [4.69, 9.17) is 16.9 Å². The van der Waals surface area contributed by atoms with Gasteiger partial charge in [-0.2, -0.15) is 5.26 Å². The number of nitriles is 1. The summed E-state index contributed by atoms with van der Waals surface area (Å²) in [5.41, 5.74) is 2.09. The Labute approximate surface area is 196 Å². The predicted octanol–water partition coefficient (Wildman–Crippen LogP) is 4.18. The maximum Gasteiger partial charge on any atom is 0.234 e. The van der Waals surface area contributed by atoms with Gasteiger partial charge < -0.3 is 9.88 Å². The number of hydrogen-bond acceptors (Lipinski definition) is 6. The van der Waals surface area contributed by atoms with Gasteiger partial charge in [-0.25, -0.2) is 0 Å². The standard InChI is InChI=1S/C23H23ClN6OS/c24-20-12-19(9-8-18(20)13-25)26-22(31)16-32-23-28-27-21(15-29-10-4-5-11-29)30(23)14-17-6-2-1-3-7-17/h1-3,6-9,12H,4-5,10-11,14-16H2,(H,26,31). The molecule has 1 aliphatic heterocycles. The van der Waals surface area contributed by atoms with Gasteiger partial charge in [0.2, 0.25) is 5.91 Å². The zero-order valence-corrected chi connectivity index (χ0v) is 19.1. The van der Waals surface area contributed by atoms with Crippen LogP contribution in [0.2, 0.25) is 5.02 Å². The first-order chi connectivity index (χ1) is 15.6. The van der Waals surface area contributed by atoms with Gasteiger partial charge >= 0.3 is 0 Å². The van der Waals surface area contributed by atoms with Crippen LogP contribution in [0.5, 0.6) is 0 Å². The summed E-state index contributed by atoms with van der Waals surface area (Å²) >= 11 is 7.41. The molecule has 32 heavy (non-hydrogen) atoms. The van der Waals surface area contributed by atoms with Crippen LogP contribution in [0, 0.1) is 11.3 Å². The Morgan fingerprint density at radius 2 is 1.91 bits per heavy atom. The summed E-state index contributed by atoms with van der Waals surface area (Å²) < 4.78 is 2.10. The molecule has 0 unspecified atom stereocenters. The van der Waals surface area contributed by atoms with Gasteiger partial charge in [-0.15, -0.1) is 10.2 Å². The van der Waals surface area contributed by atoms with E-state index in [9.17, 15) is 4.79 Å². The van der Waals surface area contributed by atoms with Gasteiger partial charge in [0.15, 0.2) is 5.16 Å². The van der Waals surface area contributed by atoms with E-state index in [0.717, 1.165) is 36.2 Å². The second-order valence-corrected chi connectivity index (χ2v) is 8.95. The molecule has 0 radical (unpaired) electrons. The number of carbonyl (C=O) groups excluding carboxylic acids is 1. The Bertz CT molecular complexity index is 1120. The third-order valence-electron chi connectivity index (χ3n) is 5.25. The SMILES string of the molecule is N#Cc1ccc(NC(=O)CSc2nnc(CN3CCCC3)n2Cc2ccccc2)cc1Cl. The zero-order chi connectivity index (χ0) is 22.3. The monoisotopic (exact) mass is 466 g/mol. The van der Waals surface area contributed by atoms with E-state index in [0.29, 0.717) is 22.8 Å². The Hall–Kier alpha value is -2.86. The summed E-state index contributed by atoms with van der Waals surface area (Å²) in [5.74, 6) is 0.928. The van der Waals surface area contributed by atoms with Crippen molar-refractivity contribution < 1.29 is 4.79 Å². The van der Waals surface area contributed by atoms with Crippen LogP contribution < -0.4 is 5.32 Å². The number of halogens is 1. The molecule has 2 heterocycles. The number of thioether (sulfide) groups is 1. The number of likely N-dealkylation sites (tertiary alicyclic amines) is 1. The molecule has 1 saturated heterocycles. The van der Waals surface area contributed by atoms with Gasteiger partial charge in [-0.3, -0.25) is 9.69 Å². The van der Waals surface area contributed by atoms with Crippen LogP contribution >= 0.6 is 23.4 Å². The molecular formula is C23H23ClN6OS. The molecule has 2 aromatic carbocycles. The molecule has 1 fully saturated rings. The van der Waals surface area contributed by atoms with Crippen molar-refractivity contribution >= 4 is 35.0 Å². The molecule has 0 saturated carbocycles. The fourth-order valence-electron chi connectivity index (χ4n) is 3.62. The molecule has 0 spiro atoms. The molecular weight excluding hydrogens is 444 g/mol. The first-order valence-corrected chi connectivity index (χ1v) is 11.8. The molecule has 4 rings (SSSR count). The summed E-state index contributed by atoms with van der Waals surface area (Å²) in [6.07, 6.45) is 2.43. The van der Waals surface area contributed by atoms with Gasteiger partial charge in [0, 0.05) is 5.69 Å². The Balaban J connectivity index is 1.44. The minimum atomic E-state index is -0.175. The number of hydrogen-bond donors (Lipinski definition) is 1. The molecule has 1 aliphatic rings. The van der Waals surface area contributed by atoms with E-state index in [2.05, 4.69) is 37.1 Å². The van der Waals surface area contributed by atoms with Crippen LogP contribution in [0.25, 0.3) is 0 Å². The van der Waals surface area contributed by atoms with Crippen molar-refractivity contribution in [3.63, 3.8) is 0 Å². The smallest absolute Gasteiger partial charge is 0.234 e. The first kappa shape index (κ1) is 22.3. The van der Waals surface area contributed by atoms with Crippen LogP contribution in [0.1, 0.15) is 29.8 Å². The maximum absolute atomic E-state index is 12.5. The fraction of sp³-hybridized carbons (Fsp3) is 0.304. The number of nitrogens with zero attached hydrogens (tertiary/aromatic N) is 5. The quantitative estimate of drug-likeness (QED) is 0.501. The molecule has 7 nitrogen and oxygen atoms in total. The normalized spacial score (nSPS) is 13.8. The number of carbonyl (C=O) groups is 1. The van der Waals surface area contributed by atoms with E-state index in [1.54, 1.807) is 18.2 Å². The van der Waals surface area contributed by atoms with Crippen molar-refractivity contribution in [2.45, 2.75) is 31.1 Å². The third-order valence-corrected chi connectivity index (χ3v) is 6.53. The van der Waals surface area contributed by atoms with Gasteiger partial charge in [0.25, 0.3) is 0 Å². The highest BCUT2D eigenvalue weighted by molar-refractivity contribution is 7.99.